The zero-order valence-electron chi connectivity index (χ0n) is 22.9. The van der Waals surface area contributed by atoms with Crippen LogP contribution < -0.4 is 15.2 Å². The van der Waals surface area contributed by atoms with Gasteiger partial charge in [-0.2, -0.15) is 0 Å². The molecule has 1 amide bonds. The first kappa shape index (κ1) is 26.1. The number of nitrogens with zero attached hydrogens (tertiary/aromatic N) is 3. The molecule has 0 radical (unpaired) electrons. The second-order valence-corrected chi connectivity index (χ2v) is 11.1. The summed E-state index contributed by atoms with van der Waals surface area (Å²) in [7, 11) is 0. The first-order valence-electron chi connectivity index (χ1n) is 14.0. The Bertz CT molecular complexity index is 1530. The van der Waals surface area contributed by atoms with Crippen molar-refractivity contribution in [2.24, 2.45) is 11.8 Å². The summed E-state index contributed by atoms with van der Waals surface area (Å²) in [5, 5.41) is 2.13. The number of hydrogen-bond acceptors (Lipinski definition) is 4. The van der Waals surface area contributed by atoms with Gasteiger partial charge in [0.1, 0.15) is 20.0 Å². The molecule has 6 rings (SSSR count). The first-order chi connectivity index (χ1) is 19.5. The Balaban J connectivity index is 1.55. The number of rotatable bonds is 6. The number of halogens is 1. The van der Waals surface area contributed by atoms with E-state index in [1.807, 2.05) is 44.2 Å². The van der Waals surface area contributed by atoms with Crippen molar-refractivity contribution in [2.75, 3.05) is 11.7 Å². The van der Waals surface area contributed by atoms with Crippen molar-refractivity contribution in [2.45, 2.75) is 52.1 Å². The molecule has 2 aliphatic carbocycles. The third-order valence-electron chi connectivity index (χ3n) is 8.35. The fraction of sp³-hybridized carbons (Fsp3) is 0.333. The van der Waals surface area contributed by atoms with Crippen LogP contribution in [0.4, 0.5) is 4.39 Å². The highest BCUT2D eigenvalue weighted by molar-refractivity contribution is 5.96. The van der Waals surface area contributed by atoms with Crippen LogP contribution in [-0.2, 0) is 19.7 Å². The molecule has 3 atom stereocenters. The number of benzene rings is 2. The lowest BCUT2D eigenvalue weighted by Crippen LogP contribution is -2.58. The number of hydrogen-bond donors (Lipinski definition) is 0. The van der Waals surface area contributed by atoms with Crippen molar-refractivity contribution in [1.29, 1.82) is 0 Å². The van der Waals surface area contributed by atoms with E-state index in [0.717, 1.165) is 18.4 Å². The Labute approximate surface area is 234 Å². The van der Waals surface area contributed by atoms with Crippen molar-refractivity contribution in [3.05, 3.63) is 123 Å². The Morgan fingerprint density at radius 1 is 1.00 bits per heavy atom. The van der Waals surface area contributed by atoms with Gasteiger partial charge in [-0.1, -0.05) is 78.9 Å². The number of allylic oxidation sites excluding steroid dienone is 3. The summed E-state index contributed by atoms with van der Waals surface area (Å²) in [4.78, 5) is 29.3. The molecule has 0 saturated carbocycles. The second kappa shape index (κ2) is 10.8. The molecule has 1 aromatic heterocycles. The van der Waals surface area contributed by atoms with Gasteiger partial charge in [-0.15, -0.1) is 0 Å². The number of aromatic nitrogens is 1. The molecule has 2 heterocycles. The fourth-order valence-corrected chi connectivity index (χ4v) is 6.27. The molecule has 0 fully saturated rings. The summed E-state index contributed by atoms with van der Waals surface area (Å²) in [6.07, 6.45) is 12.2. The number of carbonyl (C=O) groups excluding carboxylic acids is 1. The van der Waals surface area contributed by atoms with Crippen LogP contribution in [0, 0.1) is 11.8 Å². The molecular weight excluding hydrogens is 505 g/mol. The summed E-state index contributed by atoms with van der Waals surface area (Å²) in [6, 6.07) is 17.7. The third kappa shape index (κ3) is 4.53. The summed E-state index contributed by atoms with van der Waals surface area (Å²) in [5.41, 5.74) is 2.85. The molecule has 0 bridgehead atoms. The molecule has 6 nitrogen and oxygen atoms in total. The van der Waals surface area contributed by atoms with E-state index in [9.17, 15) is 14.0 Å². The van der Waals surface area contributed by atoms with Gasteiger partial charge < -0.3 is 9.64 Å². The zero-order valence-corrected chi connectivity index (χ0v) is 22.9. The molecule has 0 N–H and O–H groups in total. The maximum atomic E-state index is 14.3. The molecule has 206 valence electrons. The van der Waals surface area contributed by atoms with E-state index in [0.29, 0.717) is 12.6 Å². The molecule has 2 aromatic carbocycles. The Hall–Kier alpha value is -4.13. The Morgan fingerprint density at radius 2 is 1.75 bits per heavy atom. The minimum Gasteiger partial charge on any atom is -0.482 e. The smallest absolute Gasteiger partial charge is 0.278 e. The van der Waals surface area contributed by atoms with Crippen molar-refractivity contribution in [3.63, 3.8) is 0 Å². The summed E-state index contributed by atoms with van der Waals surface area (Å²) in [5.74, 6) is 0.0433. The normalized spacial score (nSPS) is 21.6. The van der Waals surface area contributed by atoms with E-state index in [1.165, 1.54) is 17.3 Å². The number of carbonyl (C=O) groups is 1. The van der Waals surface area contributed by atoms with Gasteiger partial charge in [-0.05, 0) is 49.3 Å². The van der Waals surface area contributed by atoms with E-state index in [4.69, 9.17) is 4.74 Å². The van der Waals surface area contributed by atoms with Crippen molar-refractivity contribution < 1.29 is 13.9 Å². The predicted octanol–water partition coefficient (Wildman–Crippen LogP) is 5.70. The highest BCUT2D eigenvalue weighted by Gasteiger charge is 2.43. The van der Waals surface area contributed by atoms with Crippen LogP contribution in [0.2, 0.25) is 0 Å². The summed E-state index contributed by atoms with van der Waals surface area (Å²) < 4.78 is 22.2. The lowest BCUT2D eigenvalue weighted by Gasteiger charge is -2.48. The van der Waals surface area contributed by atoms with Gasteiger partial charge in [0.25, 0.3) is 5.91 Å². The number of pyridine rings is 1. The summed E-state index contributed by atoms with van der Waals surface area (Å²) >= 11 is 0. The number of fused-ring (bicyclic) bond motifs is 3. The first-order valence-corrected chi connectivity index (χ1v) is 14.0. The van der Waals surface area contributed by atoms with Crippen LogP contribution in [0.15, 0.2) is 89.9 Å². The predicted molar refractivity (Wildman–Crippen MR) is 153 cm³/mol. The Kier molecular flexibility index (Phi) is 7.05. The van der Waals surface area contributed by atoms with Gasteiger partial charge in [0, 0.05) is 18.2 Å². The lowest BCUT2D eigenvalue weighted by molar-refractivity contribution is 0.0601. The van der Waals surface area contributed by atoms with Gasteiger partial charge in [0.15, 0.2) is 11.4 Å². The minimum absolute atomic E-state index is 0.0276. The Morgan fingerprint density at radius 3 is 2.52 bits per heavy atom. The lowest BCUT2D eigenvalue weighted by atomic mass is 9.80. The van der Waals surface area contributed by atoms with Gasteiger partial charge in [0.2, 0.25) is 5.43 Å². The number of amides is 1. The van der Waals surface area contributed by atoms with Crippen LogP contribution in [-0.4, -0.2) is 28.2 Å². The number of alkyl halides is 1. The molecular formula is C33H34FN3O3. The van der Waals surface area contributed by atoms with E-state index in [2.05, 4.69) is 53.6 Å². The van der Waals surface area contributed by atoms with Gasteiger partial charge in [0.05, 0.1) is 11.6 Å². The molecule has 3 aliphatic rings. The highest BCUT2D eigenvalue weighted by Crippen LogP contribution is 2.44. The number of aryl methyl sites for hydroxylation is 1. The number of ether oxygens (including phenoxy) is 1. The monoisotopic (exact) mass is 539 g/mol. The van der Waals surface area contributed by atoms with Crippen LogP contribution >= 0.6 is 0 Å². The fourth-order valence-electron chi connectivity index (χ4n) is 6.27. The van der Waals surface area contributed by atoms with E-state index >= 15 is 0 Å². The standard InChI is InChI=1S/C33H34FN3O3/c1-22(2)35-21-37(29-27-14-8-6-12-24(27)16-17-25-13-7-9-15-28(25)29)36-19-26(18-34)31(38)32(30(36)33(35)39)40-20-23-10-4-3-5-11-23/h3-15,19,22,24,27,29H,16-18,20-21H2,1-2H3. The van der Waals surface area contributed by atoms with Crippen molar-refractivity contribution in [3.8, 4) is 5.75 Å². The van der Waals surface area contributed by atoms with Gasteiger partial charge >= 0.3 is 0 Å². The summed E-state index contributed by atoms with van der Waals surface area (Å²) in [6.45, 7) is 3.38. The topological polar surface area (TPSA) is 54.8 Å². The van der Waals surface area contributed by atoms with Crippen LogP contribution in [0.3, 0.4) is 0 Å². The molecule has 0 spiro atoms. The van der Waals surface area contributed by atoms with Crippen molar-refractivity contribution >= 4 is 5.91 Å². The largest absolute Gasteiger partial charge is 0.482 e. The van der Waals surface area contributed by atoms with Crippen LogP contribution in [0.1, 0.15) is 59.1 Å². The SMILES string of the molecule is CC(C)N1CN(C2c3ccccc3CCC3C=CC=CC32)n2cc(CF)c(=O)c(OCc3ccccc3)c2C1=O. The van der Waals surface area contributed by atoms with Crippen LogP contribution in [0.5, 0.6) is 5.75 Å². The molecule has 3 unspecified atom stereocenters. The zero-order chi connectivity index (χ0) is 27.8. The molecule has 7 heteroatoms. The minimum atomic E-state index is -0.952. The highest BCUT2D eigenvalue weighted by atomic mass is 19.1. The molecule has 40 heavy (non-hydrogen) atoms. The second-order valence-electron chi connectivity index (χ2n) is 11.1. The molecule has 1 aliphatic heterocycles. The van der Waals surface area contributed by atoms with E-state index < -0.39 is 12.1 Å². The maximum absolute atomic E-state index is 14.3. The van der Waals surface area contributed by atoms with E-state index in [-0.39, 0.29) is 47.5 Å². The molecule has 0 saturated heterocycles. The third-order valence-corrected chi connectivity index (χ3v) is 8.35. The molecule has 3 aromatic rings. The maximum Gasteiger partial charge on any atom is 0.278 e. The van der Waals surface area contributed by atoms with Crippen LogP contribution in [0.25, 0.3) is 0 Å². The quantitative estimate of drug-likeness (QED) is 0.403. The van der Waals surface area contributed by atoms with E-state index in [1.54, 1.807) is 9.58 Å². The van der Waals surface area contributed by atoms with Gasteiger partial charge in [-0.25, -0.2) is 4.39 Å². The van der Waals surface area contributed by atoms with Gasteiger partial charge in [-0.3, -0.25) is 19.3 Å². The van der Waals surface area contributed by atoms with Crippen molar-refractivity contribution in [1.82, 2.24) is 9.58 Å². The average molecular weight is 540 g/mol. The average Bonchev–Trinajstić information content (AvgIpc) is 3.14.